The number of ether oxygens (including phenoxy) is 3. The Labute approximate surface area is 370 Å². The van der Waals surface area contributed by atoms with Gasteiger partial charge >= 0.3 is 24.5 Å². The van der Waals surface area contributed by atoms with Crippen LogP contribution in [-0.2, 0) is 61.0 Å². The zero-order valence-electron chi connectivity index (χ0n) is 37.3. The fourth-order valence-electron chi connectivity index (χ4n) is 6.59. The summed E-state index contributed by atoms with van der Waals surface area (Å²) in [5.41, 5.74) is 0.226. The van der Waals surface area contributed by atoms with E-state index in [1.807, 2.05) is 48.5 Å². The smallest absolute Gasteiger partial charge is 0.435 e. The van der Waals surface area contributed by atoms with Crippen LogP contribution in [0.5, 0.6) is 11.5 Å². The Balaban J connectivity index is 0.000000279. The van der Waals surface area contributed by atoms with Crippen LogP contribution in [0.2, 0.25) is 0 Å². The quantitative estimate of drug-likeness (QED) is 0.165. The van der Waals surface area contributed by atoms with E-state index in [4.69, 9.17) is 19.3 Å². The highest BCUT2D eigenvalue weighted by Crippen LogP contribution is 2.36. The molecule has 356 valence electrons. The van der Waals surface area contributed by atoms with E-state index < -0.39 is 47.6 Å². The summed E-state index contributed by atoms with van der Waals surface area (Å²) >= 11 is 0. The maximum atomic E-state index is 13.4. The molecule has 13 nitrogen and oxygen atoms in total. The standard InChI is InChI=1S/C22H28F3N3O3.C13H17NO3.C9H13F3N2O.CH4/c1-14(2)11-27-12-16(19(26-27)22(23,24)25)13-30-17-6-7-18-15(10-17)8-9-28(18)20(29)31-21(3,4)5;1-13(2,3)17-12(16)14-7-6-9-8-10(15)4-5-11(9)14;1-6(2)3-14-4-7(5-15)8(13-14)9(10,11)12;/h6-7,10,12,14H,8-9,11,13H2,1-5H3;4-5,8,15H,6-7H2,1-3H3;4,6,15H,3,5H2,1-2H3;1H4. The van der Waals surface area contributed by atoms with Crippen molar-refractivity contribution in [3.63, 3.8) is 0 Å². The molecule has 0 unspecified atom stereocenters. The van der Waals surface area contributed by atoms with Crippen molar-refractivity contribution in [1.29, 1.82) is 0 Å². The zero-order chi connectivity index (χ0) is 47.2. The van der Waals surface area contributed by atoms with E-state index in [1.54, 1.807) is 67.0 Å². The highest BCUT2D eigenvalue weighted by Gasteiger charge is 2.38. The van der Waals surface area contributed by atoms with Gasteiger partial charge in [-0.3, -0.25) is 19.2 Å². The molecule has 2 aromatic heterocycles. The summed E-state index contributed by atoms with van der Waals surface area (Å²) in [5, 5.41) is 25.3. The van der Waals surface area contributed by atoms with Crippen LogP contribution in [-0.4, -0.2) is 66.3 Å². The molecule has 0 saturated carbocycles. The number of aromatic hydroxyl groups is 1. The van der Waals surface area contributed by atoms with Crippen molar-refractivity contribution >= 4 is 23.6 Å². The highest BCUT2D eigenvalue weighted by molar-refractivity contribution is 5.91. The molecule has 4 aromatic rings. The number of rotatable bonds is 8. The number of fused-ring (bicyclic) bond motifs is 2. The van der Waals surface area contributed by atoms with Gasteiger partial charge in [-0.2, -0.15) is 36.5 Å². The van der Waals surface area contributed by atoms with Gasteiger partial charge in [-0.15, -0.1) is 0 Å². The van der Waals surface area contributed by atoms with Gasteiger partial charge in [0, 0.05) is 49.7 Å². The number of aliphatic hydroxyl groups is 1. The van der Waals surface area contributed by atoms with E-state index in [0.29, 0.717) is 38.3 Å². The lowest BCUT2D eigenvalue weighted by Crippen LogP contribution is -2.35. The van der Waals surface area contributed by atoms with Crippen LogP contribution in [0.15, 0.2) is 48.8 Å². The topological polar surface area (TPSA) is 144 Å². The largest absolute Gasteiger partial charge is 0.508 e. The molecule has 2 aliphatic rings. The number of amides is 2. The lowest BCUT2D eigenvalue weighted by molar-refractivity contribution is -0.143. The van der Waals surface area contributed by atoms with E-state index in [0.717, 1.165) is 28.9 Å². The number of phenolic OH excluding ortho intramolecular Hbond substituents is 1. The third kappa shape index (κ3) is 15.1. The second-order valence-electron chi connectivity index (χ2n) is 18.0. The number of aromatic nitrogens is 4. The van der Waals surface area contributed by atoms with E-state index in [2.05, 4.69) is 10.2 Å². The summed E-state index contributed by atoms with van der Waals surface area (Å²) in [6.45, 7) is 19.5. The van der Waals surface area contributed by atoms with Gasteiger partial charge in [-0.25, -0.2) is 9.59 Å². The molecular weight excluding hydrogens is 851 g/mol. The SMILES string of the molecule is C.CC(C)(C)OC(=O)N1CCc2cc(O)ccc21.CC(C)Cn1cc(CO)c(C(F)(F)F)n1.CC(C)Cn1cc(COc2ccc3c(c2)CCN3C(=O)OC(C)(C)C)c(C(F)(F)F)n1. The molecule has 0 spiro atoms. The number of benzene rings is 2. The van der Waals surface area contributed by atoms with E-state index in [1.165, 1.54) is 21.8 Å². The molecule has 0 aliphatic carbocycles. The molecule has 19 heteroatoms. The minimum atomic E-state index is -4.55. The number of nitrogens with zero attached hydrogens (tertiary/aromatic N) is 6. The van der Waals surface area contributed by atoms with Crippen molar-refractivity contribution in [2.45, 2.75) is 139 Å². The maximum Gasteiger partial charge on any atom is 0.435 e. The lowest BCUT2D eigenvalue weighted by Gasteiger charge is -2.24. The molecule has 0 radical (unpaired) electrons. The van der Waals surface area contributed by atoms with E-state index >= 15 is 0 Å². The molecule has 2 amide bonds. The van der Waals surface area contributed by atoms with Gasteiger partial charge in [-0.1, -0.05) is 35.1 Å². The van der Waals surface area contributed by atoms with Crippen molar-refractivity contribution in [2.75, 3.05) is 22.9 Å². The molecule has 6 rings (SSSR count). The number of carbonyl (C=O) groups is 2. The molecule has 0 atom stereocenters. The summed E-state index contributed by atoms with van der Waals surface area (Å²) in [5.74, 6) is 1.04. The summed E-state index contributed by atoms with van der Waals surface area (Å²) in [7, 11) is 0. The third-order valence-corrected chi connectivity index (χ3v) is 9.01. The predicted octanol–water partition coefficient (Wildman–Crippen LogP) is 10.8. The summed E-state index contributed by atoms with van der Waals surface area (Å²) < 4.78 is 96.2. The fourth-order valence-corrected chi connectivity index (χ4v) is 6.59. The number of alkyl halides is 6. The Bertz CT molecular complexity index is 2190. The third-order valence-electron chi connectivity index (χ3n) is 9.01. The normalized spacial score (nSPS) is 13.7. The van der Waals surface area contributed by atoms with Gasteiger partial charge in [0.1, 0.15) is 29.3 Å². The molecule has 0 fully saturated rings. The maximum absolute atomic E-state index is 13.4. The van der Waals surface area contributed by atoms with Crippen molar-refractivity contribution in [1.82, 2.24) is 19.6 Å². The number of carbonyl (C=O) groups excluding carboxylic acids is 2. The van der Waals surface area contributed by atoms with Crippen molar-refractivity contribution < 1.29 is 60.4 Å². The Hall–Kier alpha value is -5.46. The summed E-state index contributed by atoms with van der Waals surface area (Å²) in [6, 6.07) is 10.2. The van der Waals surface area contributed by atoms with Gasteiger partial charge in [0.25, 0.3) is 0 Å². The van der Waals surface area contributed by atoms with Crippen LogP contribution in [0.4, 0.5) is 47.3 Å². The number of halogens is 6. The monoisotopic (exact) mass is 912 g/mol. The van der Waals surface area contributed by atoms with Crippen LogP contribution in [0.3, 0.4) is 0 Å². The zero-order valence-corrected chi connectivity index (χ0v) is 37.3. The Morgan fingerprint density at radius 1 is 0.688 bits per heavy atom. The minimum Gasteiger partial charge on any atom is -0.508 e. The first kappa shape index (κ1) is 52.9. The molecule has 2 N–H and O–H groups in total. The van der Waals surface area contributed by atoms with Crippen LogP contribution in [0, 0.1) is 11.8 Å². The molecule has 2 aromatic carbocycles. The van der Waals surface area contributed by atoms with Crippen LogP contribution in [0.1, 0.15) is 110 Å². The number of hydrogen-bond donors (Lipinski definition) is 2. The number of anilines is 2. The Morgan fingerprint density at radius 3 is 1.52 bits per heavy atom. The Kier molecular flexibility index (Phi) is 17.4. The van der Waals surface area contributed by atoms with Gasteiger partial charge in [0.15, 0.2) is 11.4 Å². The van der Waals surface area contributed by atoms with Gasteiger partial charge < -0.3 is 24.4 Å². The fraction of sp³-hybridized carbons (Fsp3) is 0.556. The molecule has 0 bridgehead atoms. The number of hydrogen-bond acceptors (Lipinski definition) is 9. The van der Waals surface area contributed by atoms with Crippen molar-refractivity contribution in [3.05, 3.63) is 82.4 Å². The average molecular weight is 913 g/mol. The first-order valence-corrected chi connectivity index (χ1v) is 20.5. The summed E-state index contributed by atoms with van der Waals surface area (Å²) in [6.07, 6.45) is -5.81. The molecule has 2 aliphatic heterocycles. The first-order chi connectivity index (χ1) is 29.0. The van der Waals surface area contributed by atoms with Crippen molar-refractivity contribution in [2.24, 2.45) is 11.8 Å². The lowest BCUT2D eigenvalue weighted by atomic mass is 10.1. The second kappa shape index (κ2) is 21.0. The second-order valence-corrected chi connectivity index (χ2v) is 18.0. The van der Waals surface area contributed by atoms with Gasteiger partial charge in [-0.05, 0) is 114 Å². The molecule has 4 heterocycles. The van der Waals surface area contributed by atoms with Crippen LogP contribution >= 0.6 is 0 Å². The van der Waals surface area contributed by atoms with E-state index in [9.17, 15) is 41.0 Å². The average Bonchev–Trinajstić information content (AvgIpc) is 3.93. The number of phenols is 1. The Morgan fingerprint density at radius 2 is 1.11 bits per heavy atom. The highest BCUT2D eigenvalue weighted by atomic mass is 19.4. The van der Waals surface area contributed by atoms with Crippen LogP contribution in [0.25, 0.3) is 0 Å². The van der Waals surface area contributed by atoms with Gasteiger partial charge in [0.2, 0.25) is 0 Å². The number of aliphatic hydroxyl groups excluding tert-OH is 1. The first-order valence-electron chi connectivity index (χ1n) is 20.5. The van der Waals surface area contributed by atoms with Crippen LogP contribution < -0.4 is 14.5 Å². The van der Waals surface area contributed by atoms with Crippen molar-refractivity contribution in [3.8, 4) is 11.5 Å². The van der Waals surface area contributed by atoms with E-state index in [-0.39, 0.29) is 48.8 Å². The minimum absolute atomic E-state index is 0. The van der Waals surface area contributed by atoms with Gasteiger partial charge in [0.05, 0.1) is 18.0 Å². The molecule has 64 heavy (non-hydrogen) atoms. The summed E-state index contributed by atoms with van der Waals surface area (Å²) in [4.78, 5) is 27.5. The predicted molar refractivity (Wildman–Crippen MR) is 230 cm³/mol. The molecule has 0 saturated heterocycles. The molecular formula is C45H62F6N6O7.